The summed E-state index contributed by atoms with van der Waals surface area (Å²) in [6, 6.07) is 18.5. The maximum absolute atomic E-state index is 12.9. The monoisotopic (exact) mass is 364 g/mol. The summed E-state index contributed by atoms with van der Waals surface area (Å²) in [6.07, 6.45) is 2.71. The number of rotatable bonds is 6. The average molecular weight is 364 g/mol. The van der Waals surface area contributed by atoms with E-state index in [0.717, 1.165) is 23.1 Å². The zero-order chi connectivity index (χ0) is 19.3. The molecule has 1 saturated heterocycles. The predicted octanol–water partition coefficient (Wildman–Crippen LogP) is 3.66. The number of amides is 2. The fourth-order valence-electron chi connectivity index (χ4n) is 4.07. The van der Waals surface area contributed by atoms with Crippen LogP contribution in [0.1, 0.15) is 31.7 Å². The third-order valence-electron chi connectivity index (χ3n) is 5.51. The normalized spacial score (nSPS) is 19.1. The lowest BCUT2D eigenvalue weighted by Gasteiger charge is -2.28. The molecule has 0 bridgehead atoms. The Hall–Kier alpha value is -2.62. The third kappa shape index (κ3) is 4.05. The van der Waals surface area contributed by atoms with E-state index in [9.17, 15) is 9.59 Å². The van der Waals surface area contributed by atoms with Crippen LogP contribution in [-0.2, 0) is 16.0 Å². The standard InChI is InChI=1S/C23H28N2O2/c1-3-9-21(26)25-15-14-23(17-25,22(27)24-2)16-19-12-7-8-13-20(19)18-10-5-4-6-11-18/h4-8,10-13H,3,9,14-17H2,1-2H3,(H,24,27)/t23-/m0/s1. The van der Waals surface area contributed by atoms with Crippen molar-refractivity contribution in [3.63, 3.8) is 0 Å². The van der Waals surface area contributed by atoms with Crippen LogP contribution in [0.15, 0.2) is 54.6 Å². The van der Waals surface area contributed by atoms with E-state index in [1.165, 1.54) is 0 Å². The number of nitrogens with zero attached hydrogens (tertiary/aromatic N) is 1. The van der Waals surface area contributed by atoms with Gasteiger partial charge in [-0.2, -0.15) is 0 Å². The summed E-state index contributed by atoms with van der Waals surface area (Å²) in [5.41, 5.74) is 2.89. The molecular weight excluding hydrogens is 336 g/mol. The van der Waals surface area contributed by atoms with Crippen LogP contribution in [0.5, 0.6) is 0 Å². The van der Waals surface area contributed by atoms with Crippen LogP contribution >= 0.6 is 0 Å². The predicted molar refractivity (Wildman–Crippen MR) is 108 cm³/mol. The largest absolute Gasteiger partial charge is 0.359 e. The van der Waals surface area contributed by atoms with E-state index in [0.29, 0.717) is 32.4 Å². The highest BCUT2D eigenvalue weighted by Crippen LogP contribution is 2.37. The maximum Gasteiger partial charge on any atom is 0.228 e. The molecule has 2 amide bonds. The molecule has 0 aromatic heterocycles. The van der Waals surface area contributed by atoms with E-state index in [4.69, 9.17) is 0 Å². The molecule has 142 valence electrons. The summed E-state index contributed by atoms with van der Waals surface area (Å²) in [5, 5.41) is 2.84. The summed E-state index contributed by atoms with van der Waals surface area (Å²) in [6.45, 7) is 3.16. The minimum atomic E-state index is -0.566. The van der Waals surface area contributed by atoms with Crippen LogP contribution < -0.4 is 5.32 Å². The van der Waals surface area contributed by atoms with Crippen molar-refractivity contribution in [3.8, 4) is 11.1 Å². The Kier molecular flexibility index (Phi) is 5.94. The molecule has 0 radical (unpaired) electrons. The van der Waals surface area contributed by atoms with Gasteiger partial charge in [-0.05, 0) is 36.0 Å². The van der Waals surface area contributed by atoms with Crippen molar-refractivity contribution in [1.29, 1.82) is 0 Å². The first kappa shape index (κ1) is 19.2. The Morgan fingerprint density at radius 2 is 1.78 bits per heavy atom. The Morgan fingerprint density at radius 3 is 2.48 bits per heavy atom. The van der Waals surface area contributed by atoms with E-state index >= 15 is 0 Å². The van der Waals surface area contributed by atoms with Crippen molar-refractivity contribution in [1.82, 2.24) is 10.2 Å². The second-order valence-corrected chi connectivity index (χ2v) is 7.37. The molecule has 0 spiro atoms. The van der Waals surface area contributed by atoms with Crippen LogP contribution in [0.3, 0.4) is 0 Å². The van der Waals surface area contributed by atoms with Gasteiger partial charge in [0.1, 0.15) is 0 Å². The van der Waals surface area contributed by atoms with Crippen LogP contribution in [-0.4, -0.2) is 36.9 Å². The van der Waals surface area contributed by atoms with E-state index in [1.54, 1.807) is 7.05 Å². The molecule has 1 atom stereocenters. The highest BCUT2D eigenvalue weighted by atomic mass is 16.2. The van der Waals surface area contributed by atoms with Crippen molar-refractivity contribution in [2.75, 3.05) is 20.1 Å². The van der Waals surface area contributed by atoms with E-state index in [2.05, 4.69) is 29.6 Å². The molecule has 4 nitrogen and oxygen atoms in total. The number of carbonyl (C=O) groups is 2. The Balaban J connectivity index is 1.92. The second kappa shape index (κ2) is 8.38. The van der Waals surface area contributed by atoms with Gasteiger partial charge in [-0.15, -0.1) is 0 Å². The number of benzene rings is 2. The molecule has 0 unspecified atom stereocenters. The number of nitrogens with one attached hydrogen (secondary N) is 1. The van der Waals surface area contributed by atoms with Gasteiger partial charge in [-0.25, -0.2) is 0 Å². The number of hydrogen-bond acceptors (Lipinski definition) is 2. The minimum Gasteiger partial charge on any atom is -0.359 e. The molecule has 1 fully saturated rings. The lowest BCUT2D eigenvalue weighted by molar-refractivity contribution is -0.133. The fourth-order valence-corrected chi connectivity index (χ4v) is 4.07. The molecule has 27 heavy (non-hydrogen) atoms. The van der Waals surface area contributed by atoms with Gasteiger partial charge >= 0.3 is 0 Å². The molecule has 0 aliphatic carbocycles. The van der Waals surface area contributed by atoms with Crippen molar-refractivity contribution in [2.24, 2.45) is 5.41 Å². The molecule has 1 aliphatic rings. The number of likely N-dealkylation sites (tertiary alicyclic amines) is 1. The number of carbonyl (C=O) groups excluding carboxylic acids is 2. The lowest BCUT2D eigenvalue weighted by atomic mass is 9.78. The quantitative estimate of drug-likeness (QED) is 0.850. The zero-order valence-corrected chi connectivity index (χ0v) is 16.2. The van der Waals surface area contributed by atoms with Crippen LogP contribution in [0, 0.1) is 5.41 Å². The molecule has 4 heteroatoms. The topological polar surface area (TPSA) is 49.4 Å². The molecule has 3 rings (SSSR count). The van der Waals surface area contributed by atoms with Crippen molar-refractivity contribution >= 4 is 11.8 Å². The highest BCUT2D eigenvalue weighted by molar-refractivity contribution is 5.86. The fraction of sp³-hybridized carbons (Fsp3) is 0.391. The van der Waals surface area contributed by atoms with Gasteiger partial charge in [0.2, 0.25) is 11.8 Å². The number of hydrogen-bond donors (Lipinski definition) is 1. The smallest absolute Gasteiger partial charge is 0.228 e. The molecule has 1 aliphatic heterocycles. The van der Waals surface area contributed by atoms with Crippen LogP contribution in [0.25, 0.3) is 11.1 Å². The molecule has 2 aromatic rings. The second-order valence-electron chi connectivity index (χ2n) is 7.37. The van der Waals surface area contributed by atoms with E-state index < -0.39 is 5.41 Å². The van der Waals surface area contributed by atoms with Crippen molar-refractivity contribution in [3.05, 3.63) is 60.2 Å². The van der Waals surface area contributed by atoms with E-state index in [1.807, 2.05) is 42.2 Å². The molecule has 0 saturated carbocycles. The summed E-state index contributed by atoms with van der Waals surface area (Å²) in [4.78, 5) is 27.1. The molecule has 2 aromatic carbocycles. The first-order chi connectivity index (χ1) is 13.1. The van der Waals surface area contributed by atoms with Gasteiger partial charge in [0, 0.05) is 26.6 Å². The summed E-state index contributed by atoms with van der Waals surface area (Å²) < 4.78 is 0. The zero-order valence-electron chi connectivity index (χ0n) is 16.2. The Bertz CT molecular complexity index is 803. The van der Waals surface area contributed by atoms with Gasteiger partial charge < -0.3 is 10.2 Å². The third-order valence-corrected chi connectivity index (χ3v) is 5.51. The molecular formula is C23H28N2O2. The highest BCUT2D eigenvalue weighted by Gasteiger charge is 2.45. The van der Waals surface area contributed by atoms with Gasteiger partial charge in [0.05, 0.1) is 5.41 Å². The lowest BCUT2D eigenvalue weighted by Crippen LogP contribution is -2.44. The van der Waals surface area contributed by atoms with Gasteiger partial charge in [-0.1, -0.05) is 61.5 Å². The summed E-state index contributed by atoms with van der Waals surface area (Å²) in [5.74, 6) is 0.178. The summed E-state index contributed by atoms with van der Waals surface area (Å²) in [7, 11) is 1.68. The molecule has 1 N–H and O–H groups in total. The van der Waals surface area contributed by atoms with Crippen molar-refractivity contribution in [2.45, 2.75) is 32.6 Å². The maximum atomic E-state index is 12.9. The molecule has 1 heterocycles. The first-order valence-corrected chi connectivity index (χ1v) is 9.73. The first-order valence-electron chi connectivity index (χ1n) is 9.73. The van der Waals surface area contributed by atoms with E-state index in [-0.39, 0.29) is 11.8 Å². The van der Waals surface area contributed by atoms with Gasteiger partial charge in [-0.3, -0.25) is 9.59 Å². The SMILES string of the molecule is CCCC(=O)N1CC[C@@](Cc2ccccc2-c2ccccc2)(C(=O)NC)C1. The van der Waals surface area contributed by atoms with Gasteiger partial charge in [0.15, 0.2) is 0 Å². The Labute approximate surface area is 161 Å². The van der Waals surface area contributed by atoms with Crippen molar-refractivity contribution < 1.29 is 9.59 Å². The minimum absolute atomic E-state index is 0.0252. The average Bonchev–Trinajstić information content (AvgIpc) is 3.14. The van der Waals surface area contributed by atoms with Crippen LogP contribution in [0.2, 0.25) is 0 Å². The van der Waals surface area contributed by atoms with Crippen LogP contribution in [0.4, 0.5) is 0 Å². The summed E-state index contributed by atoms with van der Waals surface area (Å²) >= 11 is 0. The Morgan fingerprint density at radius 1 is 1.07 bits per heavy atom. The van der Waals surface area contributed by atoms with Gasteiger partial charge in [0.25, 0.3) is 0 Å².